The van der Waals surface area contributed by atoms with E-state index in [1.165, 1.54) is 23.8 Å². The van der Waals surface area contributed by atoms with Gasteiger partial charge in [0.15, 0.2) is 17.0 Å². The van der Waals surface area contributed by atoms with Gasteiger partial charge in [-0.3, -0.25) is 14.2 Å². The Hall–Kier alpha value is -2.77. The van der Waals surface area contributed by atoms with Crippen LogP contribution in [0.5, 0.6) is 5.88 Å². The van der Waals surface area contributed by atoms with Gasteiger partial charge in [0.05, 0.1) is 5.56 Å². The first-order chi connectivity index (χ1) is 14.4. The summed E-state index contributed by atoms with van der Waals surface area (Å²) in [6, 6.07) is 0.0715. The Morgan fingerprint density at radius 3 is 2.60 bits per heavy atom. The number of nitrogen functional groups attached to an aromatic ring is 1. The fourth-order valence-corrected chi connectivity index (χ4v) is 4.22. The fourth-order valence-electron chi connectivity index (χ4n) is 4.22. The normalized spacial score (nSPS) is 18.0. The number of aromatic nitrogens is 3. The van der Waals surface area contributed by atoms with Crippen LogP contribution in [0, 0.1) is 11.8 Å². The summed E-state index contributed by atoms with van der Waals surface area (Å²) in [5.41, 5.74) is 6.30. The number of aromatic hydroxyl groups is 1. The lowest BCUT2D eigenvalue weighted by atomic mass is 9.89. The van der Waals surface area contributed by atoms with Crippen molar-refractivity contribution in [2.75, 3.05) is 5.73 Å². The average Bonchev–Trinajstić information content (AvgIpc) is 3.45. The van der Waals surface area contributed by atoms with E-state index < -0.39 is 11.5 Å². The Kier molecular flexibility index (Phi) is 5.58. The van der Waals surface area contributed by atoms with Crippen molar-refractivity contribution in [1.29, 1.82) is 0 Å². The van der Waals surface area contributed by atoms with Crippen molar-refractivity contribution in [1.82, 2.24) is 19.5 Å². The van der Waals surface area contributed by atoms with E-state index in [0.717, 1.165) is 25.7 Å². The van der Waals surface area contributed by atoms with Crippen LogP contribution in [0.4, 0.5) is 5.82 Å². The Morgan fingerprint density at radius 2 is 1.97 bits per heavy atom. The van der Waals surface area contributed by atoms with E-state index in [1.54, 1.807) is 4.57 Å². The summed E-state index contributed by atoms with van der Waals surface area (Å²) in [5.74, 6) is -0.0152. The molecule has 162 valence electrons. The summed E-state index contributed by atoms with van der Waals surface area (Å²) < 4.78 is 2.76. The molecule has 0 aliphatic heterocycles. The zero-order chi connectivity index (χ0) is 21.4. The molecule has 0 unspecified atom stereocenters. The van der Waals surface area contributed by atoms with Crippen LogP contribution in [0.1, 0.15) is 74.7 Å². The van der Waals surface area contributed by atoms with Crippen LogP contribution in [-0.2, 0) is 6.54 Å². The van der Waals surface area contributed by atoms with Gasteiger partial charge >= 0.3 is 0 Å². The number of nitrogens with one attached hydrogen (secondary N) is 1. The van der Waals surface area contributed by atoms with Crippen LogP contribution in [0.3, 0.4) is 0 Å². The lowest BCUT2D eigenvalue weighted by Crippen LogP contribution is -2.34. The van der Waals surface area contributed by atoms with Crippen molar-refractivity contribution < 1.29 is 9.90 Å². The molecule has 0 bridgehead atoms. The van der Waals surface area contributed by atoms with Gasteiger partial charge in [-0.2, -0.15) is 4.52 Å². The highest BCUT2D eigenvalue weighted by molar-refractivity contribution is 5.97. The van der Waals surface area contributed by atoms with Crippen LogP contribution in [0.25, 0.3) is 11.7 Å². The summed E-state index contributed by atoms with van der Waals surface area (Å²) in [6.07, 6.45) is 11.8. The zero-order valence-electron chi connectivity index (χ0n) is 17.7. The molecule has 2 aromatic rings. The van der Waals surface area contributed by atoms with E-state index in [-0.39, 0.29) is 29.2 Å². The highest BCUT2D eigenvalue weighted by atomic mass is 16.3. The van der Waals surface area contributed by atoms with E-state index >= 15 is 0 Å². The summed E-state index contributed by atoms with van der Waals surface area (Å²) in [7, 11) is 0. The van der Waals surface area contributed by atoms with Crippen LogP contribution < -0.4 is 16.6 Å². The minimum Gasteiger partial charge on any atom is -0.494 e. The Labute approximate surface area is 175 Å². The quantitative estimate of drug-likeness (QED) is 0.674. The van der Waals surface area contributed by atoms with Crippen LogP contribution in [0.15, 0.2) is 10.9 Å². The number of allylic oxidation sites excluding steroid dienone is 1. The number of carbonyl (C=O) groups is 1. The maximum absolute atomic E-state index is 13.1. The first kappa shape index (κ1) is 20.5. The zero-order valence-corrected chi connectivity index (χ0v) is 17.7. The second-order valence-corrected chi connectivity index (χ2v) is 9.05. The van der Waals surface area contributed by atoms with Gasteiger partial charge in [0.2, 0.25) is 5.88 Å². The van der Waals surface area contributed by atoms with E-state index in [2.05, 4.69) is 16.5 Å². The molecule has 30 heavy (non-hydrogen) atoms. The molecule has 2 aromatic heterocycles. The Morgan fingerprint density at radius 1 is 1.27 bits per heavy atom. The molecule has 0 radical (unpaired) electrons. The molecule has 0 spiro atoms. The number of carbonyl (C=O) groups excluding carboxylic acids is 1. The van der Waals surface area contributed by atoms with E-state index in [0.29, 0.717) is 23.7 Å². The number of hydrogen-bond donors (Lipinski definition) is 3. The molecule has 2 aliphatic rings. The van der Waals surface area contributed by atoms with Gasteiger partial charge < -0.3 is 16.2 Å². The average molecular weight is 414 g/mol. The lowest BCUT2D eigenvalue weighted by molar-refractivity contribution is 0.0944. The topological polar surface area (TPSA) is 115 Å². The fraction of sp³-hybridized carbons (Fsp3) is 0.591. The Balaban J connectivity index is 1.85. The minimum atomic E-state index is -0.648. The van der Waals surface area contributed by atoms with Crippen molar-refractivity contribution in [2.45, 2.75) is 71.4 Å². The first-order valence-electron chi connectivity index (χ1n) is 11.0. The molecule has 0 aromatic carbocycles. The number of amides is 1. The number of hydrogen-bond acceptors (Lipinski definition) is 5. The third-order valence-corrected chi connectivity index (χ3v) is 5.94. The van der Waals surface area contributed by atoms with Crippen molar-refractivity contribution in [2.24, 2.45) is 11.8 Å². The number of nitrogens with two attached hydrogens (primary N) is 1. The van der Waals surface area contributed by atoms with Gasteiger partial charge in [0.25, 0.3) is 11.5 Å². The highest BCUT2D eigenvalue weighted by Gasteiger charge is 2.30. The highest BCUT2D eigenvalue weighted by Crippen LogP contribution is 2.29. The van der Waals surface area contributed by atoms with Crippen LogP contribution >= 0.6 is 0 Å². The number of rotatable bonds is 6. The number of anilines is 1. The molecular weight excluding hydrogens is 382 g/mol. The molecule has 1 amide bonds. The SMILES string of the molecule is CC(C)Cn1c(O)c(C(=O)NC2CC2)c(=O)n2nc(N)c(C=CC3CCCCC3)c12. The van der Waals surface area contributed by atoms with Crippen LogP contribution in [-0.4, -0.2) is 31.2 Å². The van der Waals surface area contributed by atoms with Gasteiger partial charge in [-0.15, -0.1) is 5.10 Å². The largest absolute Gasteiger partial charge is 0.494 e. The molecule has 0 saturated heterocycles. The smallest absolute Gasteiger partial charge is 0.291 e. The number of nitrogens with zero attached hydrogens (tertiary/aromatic N) is 3. The van der Waals surface area contributed by atoms with Gasteiger partial charge in [-0.05, 0) is 37.5 Å². The van der Waals surface area contributed by atoms with Crippen molar-refractivity contribution in [3.63, 3.8) is 0 Å². The number of fused-ring (bicyclic) bond motifs is 1. The maximum Gasteiger partial charge on any atom is 0.291 e. The summed E-state index contributed by atoms with van der Waals surface area (Å²) >= 11 is 0. The van der Waals surface area contributed by atoms with Crippen LogP contribution in [0.2, 0.25) is 0 Å². The summed E-state index contributed by atoms with van der Waals surface area (Å²) in [5, 5.41) is 18.0. The summed E-state index contributed by atoms with van der Waals surface area (Å²) in [4.78, 5) is 25.8. The third kappa shape index (κ3) is 3.95. The molecule has 8 nitrogen and oxygen atoms in total. The summed E-state index contributed by atoms with van der Waals surface area (Å²) in [6.45, 7) is 4.44. The second kappa shape index (κ2) is 8.16. The predicted octanol–water partition coefficient (Wildman–Crippen LogP) is 2.93. The third-order valence-electron chi connectivity index (χ3n) is 5.94. The Bertz CT molecular complexity index is 1040. The van der Waals surface area contributed by atoms with Gasteiger partial charge in [-0.1, -0.05) is 45.3 Å². The predicted molar refractivity (Wildman–Crippen MR) is 116 cm³/mol. The van der Waals surface area contributed by atoms with E-state index in [4.69, 9.17) is 5.73 Å². The molecule has 0 atom stereocenters. The molecule has 2 aliphatic carbocycles. The lowest BCUT2D eigenvalue weighted by Gasteiger charge is -2.18. The molecule has 8 heteroatoms. The first-order valence-corrected chi connectivity index (χ1v) is 11.0. The minimum absolute atomic E-state index is 0.0715. The van der Waals surface area contributed by atoms with Gasteiger partial charge in [0.1, 0.15) is 0 Å². The molecule has 4 rings (SSSR count). The standard InChI is InChI=1S/C22H31N5O3/c1-13(2)12-26-20-16(11-8-14-6-4-3-5-7-14)18(23)25-27(20)22(30)17(21(26)29)19(28)24-15-9-10-15/h8,11,13-15,29H,3-7,9-10,12H2,1-2H3,(H2,23,25)(H,24,28). The van der Waals surface area contributed by atoms with E-state index in [1.807, 2.05) is 19.9 Å². The van der Waals surface area contributed by atoms with E-state index in [9.17, 15) is 14.7 Å². The molecule has 4 N–H and O–H groups in total. The van der Waals surface area contributed by atoms with Gasteiger partial charge in [0, 0.05) is 12.6 Å². The second-order valence-electron chi connectivity index (χ2n) is 9.05. The van der Waals surface area contributed by atoms with Gasteiger partial charge in [-0.25, -0.2) is 0 Å². The molecular formula is C22H31N5O3. The van der Waals surface area contributed by atoms with Crippen molar-refractivity contribution >= 4 is 23.4 Å². The maximum atomic E-state index is 13.1. The molecule has 2 fully saturated rings. The van der Waals surface area contributed by atoms with Crippen molar-refractivity contribution in [3.05, 3.63) is 27.6 Å². The molecule has 2 saturated carbocycles. The molecule has 2 heterocycles. The van der Waals surface area contributed by atoms with Crippen molar-refractivity contribution in [3.8, 4) is 5.88 Å². The monoisotopic (exact) mass is 413 g/mol.